The molecule has 4 atom stereocenters. The number of nitrogens with zero attached hydrogens (tertiary/aromatic N) is 4. The molecule has 9 nitrogen and oxygen atoms in total. The number of likely N-dealkylation sites (tertiary alicyclic amines) is 1. The number of alkyl halides is 3. The van der Waals surface area contributed by atoms with Crippen LogP contribution in [0.4, 0.5) is 19.0 Å². The number of anilines is 1. The Morgan fingerprint density at radius 3 is 2.50 bits per heavy atom. The number of thiazole rings is 1. The minimum atomic E-state index is -4.48. The third-order valence-electron chi connectivity index (χ3n) is 8.34. The molecule has 48 heavy (non-hydrogen) atoms. The fourth-order valence-corrected chi connectivity index (χ4v) is 6.71. The molecule has 0 bridgehead atoms. The van der Waals surface area contributed by atoms with Gasteiger partial charge in [-0.25, -0.2) is 9.97 Å². The largest absolute Gasteiger partial charge is 0.416 e. The van der Waals surface area contributed by atoms with Crippen LogP contribution >= 0.6 is 11.3 Å². The normalized spacial score (nSPS) is 16.8. The van der Waals surface area contributed by atoms with E-state index in [0.717, 1.165) is 35.7 Å². The van der Waals surface area contributed by atoms with E-state index in [1.54, 1.807) is 67.2 Å². The summed E-state index contributed by atoms with van der Waals surface area (Å²) in [5, 5.41) is 20.4. The van der Waals surface area contributed by atoms with Crippen molar-refractivity contribution in [3.63, 3.8) is 0 Å². The third-order valence-corrected chi connectivity index (χ3v) is 9.40. The van der Waals surface area contributed by atoms with Gasteiger partial charge in [-0.05, 0) is 56.0 Å². The Labute approximate surface area is 281 Å². The number of rotatable bonds is 11. The first-order chi connectivity index (χ1) is 22.8. The molecule has 254 valence electrons. The molecule has 0 aliphatic carbocycles. The standard InChI is InChI=1S/C35H39F3N6O3S/c1-21-20-48-33(40-21)28-14-9-15-44(28)34(47)27-17-25(18-29(42-27)43(3)4)32(46)41-22(2)31(45)30(24-11-6-5-7-12-24)39-19-23-10-8-13-26(16-23)35(36,37)38/h5-8,10-13,16-18,20,22,28,30-31,39,45H,9,14-15,19H2,1-4H3,(H,41,46). The molecule has 13 heteroatoms. The fourth-order valence-electron chi connectivity index (χ4n) is 5.77. The van der Waals surface area contributed by atoms with E-state index in [-0.39, 0.29) is 29.8 Å². The summed E-state index contributed by atoms with van der Waals surface area (Å²) in [5.41, 5.74) is 1.56. The van der Waals surface area contributed by atoms with E-state index in [1.807, 2.05) is 18.4 Å². The molecule has 1 saturated heterocycles. The Morgan fingerprint density at radius 1 is 1.08 bits per heavy atom. The number of aliphatic hydroxyl groups is 1. The van der Waals surface area contributed by atoms with Crippen molar-refractivity contribution in [2.24, 2.45) is 0 Å². The molecule has 1 fully saturated rings. The lowest BCUT2D eigenvalue weighted by Crippen LogP contribution is -2.47. The Balaban J connectivity index is 1.34. The highest BCUT2D eigenvalue weighted by molar-refractivity contribution is 7.09. The summed E-state index contributed by atoms with van der Waals surface area (Å²) in [7, 11) is 3.53. The fraction of sp³-hybridized carbons (Fsp3) is 0.371. The van der Waals surface area contributed by atoms with Crippen molar-refractivity contribution in [1.82, 2.24) is 25.5 Å². The van der Waals surface area contributed by atoms with Crippen LogP contribution in [0, 0.1) is 6.92 Å². The van der Waals surface area contributed by atoms with Crippen LogP contribution in [-0.2, 0) is 12.7 Å². The van der Waals surface area contributed by atoms with Gasteiger partial charge in [0.15, 0.2) is 0 Å². The predicted octanol–water partition coefficient (Wildman–Crippen LogP) is 5.92. The van der Waals surface area contributed by atoms with Crippen molar-refractivity contribution in [1.29, 1.82) is 0 Å². The molecule has 4 unspecified atom stereocenters. The number of benzene rings is 2. The van der Waals surface area contributed by atoms with Crippen LogP contribution < -0.4 is 15.5 Å². The van der Waals surface area contributed by atoms with Gasteiger partial charge in [0.1, 0.15) is 16.5 Å². The first-order valence-electron chi connectivity index (χ1n) is 15.7. The van der Waals surface area contributed by atoms with E-state index < -0.39 is 35.8 Å². The molecule has 1 aliphatic heterocycles. The molecular formula is C35H39F3N6O3S. The number of aliphatic hydroxyl groups excluding tert-OH is 1. The average molecular weight is 681 g/mol. The van der Waals surface area contributed by atoms with E-state index >= 15 is 0 Å². The summed E-state index contributed by atoms with van der Waals surface area (Å²) in [6.45, 7) is 4.16. The molecule has 2 aromatic heterocycles. The molecule has 0 radical (unpaired) electrons. The average Bonchev–Trinajstić information content (AvgIpc) is 3.73. The van der Waals surface area contributed by atoms with Gasteiger partial charge in [-0.2, -0.15) is 13.2 Å². The monoisotopic (exact) mass is 680 g/mol. The number of carbonyl (C=O) groups excluding carboxylic acids is 2. The van der Waals surface area contributed by atoms with Gasteiger partial charge in [0, 0.05) is 43.8 Å². The smallest absolute Gasteiger partial charge is 0.389 e. The van der Waals surface area contributed by atoms with Gasteiger partial charge in [-0.3, -0.25) is 9.59 Å². The molecule has 4 aromatic rings. The summed E-state index contributed by atoms with van der Waals surface area (Å²) in [5.74, 6) is -0.386. The zero-order valence-corrected chi connectivity index (χ0v) is 28.0. The van der Waals surface area contributed by atoms with Gasteiger partial charge in [-0.1, -0.05) is 48.5 Å². The highest BCUT2D eigenvalue weighted by Crippen LogP contribution is 2.35. The summed E-state index contributed by atoms with van der Waals surface area (Å²) in [6.07, 6.45) is -4.03. The molecule has 3 heterocycles. The van der Waals surface area contributed by atoms with E-state index in [4.69, 9.17) is 0 Å². The lowest BCUT2D eigenvalue weighted by Gasteiger charge is -2.30. The van der Waals surface area contributed by atoms with E-state index in [0.29, 0.717) is 23.5 Å². The number of aryl methyl sites for hydroxylation is 1. The summed E-state index contributed by atoms with van der Waals surface area (Å²) in [6, 6.07) is 15.4. The second-order valence-electron chi connectivity index (χ2n) is 12.2. The lowest BCUT2D eigenvalue weighted by molar-refractivity contribution is -0.137. The first kappa shape index (κ1) is 35.0. The summed E-state index contributed by atoms with van der Waals surface area (Å²) in [4.78, 5) is 40.1. The maximum atomic E-state index is 13.8. The molecule has 1 aliphatic rings. The van der Waals surface area contributed by atoms with Gasteiger partial charge < -0.3 is 25.5 Å². The Kier molecular flexibility index (Phi) is 10.8. The number of hydrogen-bond donors (Lipinski definition) is 3. The highest BCUT2D eigenvalue weighted by Gasteiger charge is 2.34. The molecule has 2 aromatic carbocycles. The Morgan fingerprint density at radius 2 is 1.83 bits per heavy atom. The van der Waals surface area contributed by atoms with Crippen LogP contribution in [0.15, 0.2) is 72.1 Å². The number of aromatic nitrogens is 2. The number of carbonyl (C=O) groups is 2. The first-order valence-corrected chi connectivity index (χ1v) is 16.6. The minimum Gasteiger partial charge on any atom is -0.389 e. The van der Waals surface area contributed by atoms with Crippen LogP contribution in [0.25, 0.3) is 0 Å². The second-order valence-corrected chi connectivity index (χ2v) is 13.1. The van der Waals surface area contributed by atoms with Crippen LogP contribution in [-0.4, -0.2) is 64.6 Å². The van der Waals surface area contributed by atoms with Crippen molar-refractivity contribution in [3.05, 3.63) is 111 Å². The van der Waals surface area contributed by atoms with Crippen molar-refractivity contribution < 1.29 is 27.9 Å². The molecule has 2 amide bonds. The van der Waals surface area contributed by atoms with E-state index in [2.05, 4.69) is 20.6 Å². The van der Waals surface area contributed by atoms with Crippen LogP contribution in [0.1, 0.15) is 80.1 Å². The molecule has 0 saturated carbocycles. The van der Waals surface area contributed by atoms with Crippen molar-refractivity contribution >= 4 is 29.0 Å². The van der Waals surface area contributed by atoms with Crippen molar-refractivity contribution in [3.8, 4) is 0 Å². The quantitative estimate of drug-likeness (QED) is 0.181. The van der Waals surface area contributed by atoms with Gasteiger partial charge >= 0.3 is 6.18 Å². The van der Waals surface area contributed by atoms with E-state index in [1.165, 1.54) is 23.5 Å². The maximum absolute atomic E-state index is 13.8. The number of hydrogen-bond acceptors (Lipinski definition) is 8. The number of pyridine rings is 1. The lowest BCUT2D eigenvalue weighted by atomic mass is 9.96. The van der Waals surface area contributed by atoms with Crippen LogP contribution in [0.5, 0.6) is 0 Å². The number of nitrogens with one attached hydrogen (secondary N) is 2. The second kappa shape index (κ2) is 14.8. The molecule has 0 spiro atoms. The van der Waals surface area contributed by atoms with Gasteiger partial charge in [-0.15, -0.1) is 11.3 Å². The zero-order chi connectivity index (χ0) is 34.6. The van der Waals surface area contributed by atoms with Crippen molar-refractivity contribution in [2.45, 2.75) is 63.6 Å². The molecule has 5 rings (SSSR count). The number of halogens is 3. The highest BCUT2D eigenvalue weighted by atomic mass is 32.1. The van der Waals surface area contributed by atoms with Crippen molar-refractivity contribution in [2.75, 3.05) is 25.5 Å². The van der Waals surface area contributed by atoms with Crippen LogP contribution in [0.2, 0.25) is 0 Å². The van der Waals surface area contributed by atoms with E-state index in [9.17, 15) is 27.9 Å². The van der Waals surface area contributed by atoms with Gasteiger partial charge in [0.25, 0.3) is 11.8 Å². The summed E-state index contributed by atoms with van der Waals surface area (Å²) < 4.78 is 39.9. The maximum Gasteiger partial charge on any atom is 0.416 e. The zero-order valence-electron chi connectivity index (χ0n) is 27.2. The molecular weight excluding hydrogens is 641 g/mol. The minimum absolute atomic E-state index is 0.0429. The van der Waals surface area contributed by atoms with Gasteiger partial charge in [0.2, 0.25) is 0 Å². The number of amides is 2. The topological polar surface area (TPSA) is 111 Å². The van der Waals surface area contributed by atoms with Crippen LogP contribution in [0.3, 0.4) is 0 Å². The Bertz CT molecular complexity index is 1730. The molecule has 3 N–H and O–H groups in total. The third kappa shape index (κ3) is 8.20. The SMILES string of the molecule is Cc1csc(C2CCCN2C(=O)c2cc(C(=O)NC(C)C(O)C(NCc3cccc(C(F)(F)F)c3)c3ccccc3)cc(N(C)C)n2)n1. The Hall–Kier alpha value is -4.33. The predicted molar refractivity (Wildman–Crippen MR) is 179 cm³/mol. The summed E-state index contributed by atoms with van der Waals surface area (Å²) >= 11 is 1.52. The van der Waals surface area contributed by atoms with Gasteiger partial charge in [0.05, 0.1) is 29.8 Å².